The molecule has 0 aliphatic carbocycles. The lowest BCUT2D eigenvalue weighted by atomic mass is 9.99. The molecule has 0 spiro atoms. The fraction of sp³-hybridized carbons (Fsp3) is 0.185. The molecule has 0 saturated heterocycles. The zero-order valence-corrected chi connectivity index (χ0v) is 19.8. The van der Waals surface area contributed by atoms with Crippen molar-refractivity contribution >= 4 is 22.8 Å². The van der Waals surface area contributed by atoms with Crippen molar-refractivity contribution in [1.82, 2.24) is 25.1 Å². The summed E-state index contributed by atoms with van der Waals surface area (Å²) in [5.74, 6) is 0.851. The maximum absolute atomic E-state index is 4.86. The van der Waals surface area contributed by atoms with Gasteiger partial charge in [0.2, 0.25) is 0 Å². The van der Waals surface area contributed by atoms with Gasteiger partial charge in [0.1, 0.15) is 5.69 Å². The summed E-state index contributed by atoms with van der Waals surface area (Å²) in [6.07, 6.45) is 2.11. The number of fused-ring (bicyclic) bond motifs is 2. The Balaban J connectivity index is 1.32. The highest BCUT2D eigenvalue weighted by molar-refractivity contribution is 7.98. The molecule has 3 heterocycles. The van der Waals surface area contributed by atoms with E-state index in [1.54, 1.807) is 11.8 Å². The van der Waals surface area contributed by atoms with Crippen molar-refractivity contribution in [2.45, 2.75) is 24.9 Å². The number of imidazole rings is 1. The van der Waals surface area contributed by atoms with Gasteiger partial charge in [-0.3, -0.25) is 4.68 Å². The molecule has 0 bridgehead atoms. The van der Waals surface area contributed by atoms with E-state index in [-0.39, 0.29) is 0 Å². The van der Waals surface area contributed by atoms with Gasteiger partial charge in [-0.2, -0.15) is 5.10 Å². The Morgan fingerprint density at radius 2 is 1.67 bits per heavy atom. The molecular formula is C27H25N5S. The van der Waals surface area contributed by atoms with Gasteiger partial charge in [0.05, 0.1) is 16.7 Å². The Bertz CT molecular complexity index is 1450. The average Bonchev–Trinajstić information content (AvgIpc) is 3.54. The topological polar surface area (TPSA) is 58.5 Å². The van der Waals surface area contributed by atoms with Gasteiger partial charge < -0.3 is 10.3 Å². The molecular weight excluding hydrogens is 426 g/mol. The molecule has 5 aromatic rings. The molecule has 0 atom stereocenters. The van der Waals surface area contributed by atoms with Crippen molar-refractivity contribution in [3.8, 4) is 33.9 Å². The third-order valence-electron chi connectivity index (χ3n) is 6.48. The minimum atomic E-state index is 0.851. The van der Waals surface area contributed by atoms with Crippen molar-refractivity contribution in [2.75, 3.05) is 6.26 Å². The smallest absolute Gasteiger partial charge is 0.156 e. The molecule has 2 aromatic heterocycles. The fourth-order valence-corrected chi connectivity index (χ4v) is 5.16. The minimum absolute atomic E-state index is 0.851. The lowest BCUT2D eigenvalue weighted by molar-refractivity contribution is 0.765. The number of rotatable bonds is 4. The lowest BCUT2D eigenvalue weighted by Gasteiger charge is -2.08. The zero-order chi connectivity index (χ0) is 22.5. The van der Waals surface area contributed by atoms with E-state index in [9.17, 15) is 0 Å². The van der Waals surface area contributed by atoms with E-state index < -0.39 is 0 Å². The first kappa shape index (κ1) is 20.3. The minimum Gasteiger partial charge on any atom is -0.337 e. The Morgan fingerprint density at radius 3 is 2.42 bits per heavy atom. The molecule has 0 saturated carbocycles. The molecule has 0 amide bonds. The summed E-state index contributed by atoms with van der Waals surface area (Å²) >= 11 is 1.77. The molecule has 5 nitrogen and oxygen atoms in total. The van der Waals surface area contributed by atoms with Crippen LogP contribution in [0.1, 0.15) is 16.7 Å². The number of nitrogens with one attached hydrogen (secondary N) is 2. The molecule has 2 N–H and O–H groups in total. The SMILES string of the molecule is CSc1ccc(-c2ccc(-c3cc(-c4nc5cc6c(cc5[nH]4)CNC6)n(C)n3)cc2)c(C)c1. The lowest BCUT2D eigenvalue weighted by Crippen LogP contribution is -1.99. The van der Waals surface area contributed by atoms with E-state index in [0.717, 1.165) is 46.9 Å². The van der Waals surface area contributed by atoms with Gasteiger partial charge in [-0.05, 0) is 71.3 Å². The van der Waals surface area contributed by atoms with E-state index in [1.165, 1.54) is 32.7 Å². The standard InChI is InChI=1S/C27H25N5S/c1-16-10-21(33-3)8-9-22(16)17-4-6-18(7-5-17)23-13-26(32(2)31-23)27-29-24-11-19-14-28-15-20(19)12-25(24)30-27/h4-13,28H,14-15H2,1-3H3,(H,29,30). The number of aromatic amines is 1. The number of aromatic nitrogens is 4. The van der Waals surface area contributed by atoms with Gasteiger partial charge >= 0.3 is 0 Å². The van der Waals surface area contributed by atoms with Crippen LogP contribution in [0.5, 0.6) is 0 Å². The summed E-state index contributed by atoms with van der Waals surface area (Å²) in [4.78, 5) is 9.64. The predicted molar refractivity (Wildman–Crippen MR) is 136 cm³/mol. The number of H-pyrrole nitrogens is 1. The fourth-order valence-electron chi connectivity index (χ4n) is 4.66. The summed E-state index contributed by atoms with van der Waals surface area (Å²) in [5, 5.41) is 8.17. The Kier molecular flexibility index (Phi) is 4.85. The summed E-state index contributed by atoms with van der Waals surface area (Å²) in [6, 6.07) is 21.8. The maximum atomic E-state index is 4.86. The highest BCUT2D eigenvalue weighted by Gasteiger charge is 2.16. The van der Waals surface area contributed by atoms with Gasteiger partial charge in [0.25, 0.3) is 0 Å². The van der Waals surface area contributed by atoms with Crippen LogP contribution >= 0.6 is 11.8 Å². The second-order valence-corrected chi connectivity index (χ2v) is 9.50. The van der Waals surface area contributed by atoms with Crippen LogP contribution in [0.15, 0.2) is 65.6 Å². The molecule has 6 heteroatoms. The monoisotopic (exact) mass is 451 g/mol. The molecule has 164 valence electrons. The first-order chi connectivity index (χ1) is 16.1. The number of hydrogen-bond donors (Lipinski definition) is 2. The second-order valence-electron chi connectivity index (χ2n) is 8.62. The van der Waals surface area contributed by atoms with Crippen molar-refractivity contribution in [3.05, 3.63) is 77.4 Å². The van der Waals surface area contributed by atoms with Crippen molar-refractivity contribution < 1.29 is 0 Å². The maximum Gasteiger partial charge on any atom is 0.156 e. The van der Waals surface area contributed by atoms with Crippen LogP contribution in [0.25, 0.3) is 44.9 Å². The van der Waals surface area contributed by atoms with Gasteiger partial charge in [0.15, 0.2) is 5.82 Å². The third-order valence-corrected chi connectivity index (χ3v) is 7.21. The number of aryl methyl sites for hydroxylation is 2. The predicted octanol–water partition coefficient (Wildman–Crippen LogP) is 5.93. The third kappa shape index (κ3) is 3.56. The van der Waals surface area contributed by atoms with Crippen LogP contribution in [-0.2, 0) is 20.1 Å². The number of benzene rings is 3. The molecule has 0 radical (unpaired) electrons. The molecule has 0 fully saturated rings. The van der Waals surface area contributed by atoms with E-state index >= 15 is 0 Å². The number of nitrogens with zero attached hydrogens (tertiary/aromatic N) is 3. The first-order valence-electron chi connectivity index (χ1n) is 11.1. The molecule has 1 aliphatic rings. The van der Waals surface area contributed by atoms with Crippen LogP contribution in [0, 0.1) is 6.92 Å². The molecule has 0 unspecified atom stereocenters. The van der Waals surface area contributed by atoms with E-state index in [1.807, 2.05) is 11.7 Å². The second kappa shape index (κ2) is 7.90. The Labute approximate surface area is 197 Å². The van der Waals surface area contributed by atoms with E-state index in [0.29, 0.717) is 0 Å². The van der Waals surface area contributed by atoms with Gasteiger partial charge in [-0.25, -0.2) is 4.98 Å². The number of thioether (sulfide) groups is 1. The Morgan fingerprint density at radius 1 is 0.909 bits per heavy atom. The van der Waals surface area contributed by atoms with Crippen LogP contribution in [0.3, 0.4) is 0 Å². The van der Waals surface area contributed by atoms with Gasteiger partial charge in [0, 0.05) is 30.6 Å². The summed E-state index contributed by atoms with van der Waals surface area (Å²) in [7, 11) is 1.97. The van der Waals surface area contributed by atoms with Crippen LogP contribution in [0.4, 0.5) is 0 Å². The first-order valence-corrected chi connectivity index (χ1v) is 12.3. The van der Waals surface area contributed by atoms with Crippen molar-refractivity contribution in [3.63, 3.8) is 0 Å². The molecule has 6 rings (SSSR count). The van der Waals surface area contributed by atoms with Crippen molar-refractivity contribution in [2.24, 2.45) is 7.05 Å². The summed E-state index contributed by atoms with van der Waals surface area (Å²) < 4.78 is 1.90. The average molecular weight is 452 g/mol. The highest BCUT2D eigenvalue weighted by Crippen LogP contribution is 2.31. The van der Waals surface area contributed by atoms with Gasteiger partial charge in [-0.15, -0.1) is 11.8 Å². The van der Waals surface area contributed by atoms with E-state index in [2.05, 4.69) is 84.1 Å². The van der Waals surface area contributed by atoms with Crippen LogP contribution in [0.2, 0.25) is 0 Å². The number of hydrogen-bond acceptors (Lipinski definition) is 4. The van der Waals surface area contributed by atoms with E-state index in [4.69, 9.17) is 10.1 Å². The molecule has 1 aliphatic heterocycles. The summed E-state index contributed by atoms with van der Waals surface area (Å²) in [5.41, 5.74) is 11.6. The molecule has 33 heavy (non-hydrogen) atoms. The van der Waals surface area contributed by atoms with Crippen LogP contribution < -0.4 is 5.32 Å². The quantitative estimate of drug-likeness (QED) is 0.333. The van der Waals surface area contributed by atoms with Crippen molar-refractivity contribution in [1.29, 1.82) is 0 Å². The van der Waals surface area contributed by atoms with Gasteiger partial charge in [-0.1, -0.05) is 30.3 Å². The van der Waals surface area contributed by atoms with Crippen LogP contribution in [-0.4, -0.2) is 26.0 Å². The highest BCUT2D eigenvalue weighted by atomic mass is 32.2. The largest absolute Gasteiger partial charge is 0.337 e. The normalized spacial score (nSPS) is 13.1. The Hall–Kier alpha value is -3.35. The molecule has 3 aromatic carbocycles. The summed E-state index contributed by atoms with van der Waals surface area (Å²) in [6.45, 7) is 4.01. The zero-order valence-electron chi connectivity index (χ0n) is 18.9.